The fourth-order valence-electron chi connectivity index (χ4n) is 2.19. The van der Waals surface area contributed by atoms with Gasteiger partial charge in [0.1, 0.15) is 18.7 Å². The second-order valence-electron chi connectivity index (χ2n) is 5.74. The molecule has 0 unspecified atom stereocenters. The quantitative estimate of drug-likeness (QED) is 0.157. The second-order valence-corrected chi connectivity index (χ2v) is 9.58. The van der Waals surface area contributed by atoms with Crippen LogP contribution < -0.4 is 22.5 Å². The first-order chi connectivity index (χ1) is 13.2. The molecule has 3 atom stereocenters. The summed E-state index contributed by atoms with van der Waals surface area (Å²) in [5.74, 6) is 0.313. The smallest absolute Gasteiger partial charge is 0.384 e. The molecule has 28 heavy (non-hydrogen) atoms. The zero-order valence-corrected chi connectivity index (χ0v) is 16.8. The van der Waals surface area contributed by atoms with E-state index in [1.165, 1.54) is 6.33 Å². The summed E-state index contributed by atoms with van der Waals surface area (Å²) in [5.41, 5.74) is 9.89. The molecule has 0 spiro atoms. The number of anilines is 1. The van der Waals surface area contributed by atoms with Crippen LogP contribution in [0.2, 0.25) is 0 Å². The molecule has 162 valence electrons. The Labute approximate surface area is 165 Å². The molecule has 0 bridgehead atoms. The molecule has 1 aromatic rings. The van der Waals surface area contributed by atoms with E-state index in [4.69, 9.17) is 31.1 Å². The Bertz CT molecular complexity index is 690. The van der Waals surface area contributed by atoms with E-state index in [0.29, 0.717) is 30.2 Å². The van der Waals surface area contributed by atoms with Crippen molar-refractivity contribution in [2.45, 2.75) is 31.3 Å². The molecule has 0 aliphatic carbocycles. The third-order valence-corrected chi connectivity index (χ3v) is 5.82. The molecule has 0 radical (unpaired) electrons. The summed E-state index contributed by atoms with van der Waals surface area (Å²) in [4.78, 5) is 35.4. The highest BCUT2D eigenvalue weighted by molar-refractivity contribution is 8.54. The third-order valence-electron chi connectivity index (χ3n) is 3.54. The number of aliphatic hydroxyl groups is 2. The Kier molecular flexibility index (Phi) is 11.1. The van der Waals surface area contributed by atoms with Crippen molar-refractivity contribution in [3.8, 4) is 0 Å². The Morgan fingerprint density at radius 1 is 1.43 bits per heavy atom. The van der Waals surface area contributed by atoms with Crippen LogP contribution in [-0.4, -0.2) is 78.7 Å². The van der Waals surface area contributed by atoms with Gasteiger partial charge in [0, 0.05) is 18.7 Å². The Balaban J connectivity index is 0.000000295. The highest BCUT2D eigenvalue weighted by Gasteiger charge is 2.35. The highest BCUT2D eigenvalue weighted by atomic mass is 32.7. The first-order valence-corrected chi connectivity index (χ1v) is 11.6. The van der Waals surface area contributed by atoms with Crippen molar-refractivity contribution in [3.05, 3.63) is 16.8 Å². The van der Waals surface area contributed by atoms with Crippen LogP contribution in [0.25, 0.3) is 0 Å². The predicted molar refractivity (Wildman–Crippen MR) is 103 cm³/mol. The molecule has 1 aromatic heterocycles. The minimum absolute atomic E-state index is 0.112. The molecule has 1 aliphatic heterocycles. The number of hydrogen-bond acceptors (Lipinski definition) is 11. The number of aliphatic hydroxyl groups excluding tert-OH is 2. The molecular weight excluding hydrogens is 415 g/mol. The van der Waals surface area contributed by atoms with E-state index < -0.39 is 30.9 Å². The van der Waals surface area contributed by atoms with Crippen LogP contribution >= 0.6 is 18.2 Å². The summed E-state index contributed by atoms with van der Waals surface area (Å²) in [5, 5.41) is 21.4. The van der Waals surface area contributed by atoms with Gasteiger partial charge in [-0.25, -0.2) is 14.3 Å². The summed E-state index contributed by atoms with van der Waals surface area (Å²) in [6, 6.07) is 0. The van der Waals surface area contributed by atoms with Gasteiger partial charge in [-0.15, -0.1) is 0 Å². The lowest BCUT2D eigenvalue weighted by molar-refractivity contribution is -0.0462. The lowest BCUT2D eigenvalue weighted by atomic mass is 10.2. The molecule has 0 amide bonds. The van der Waals surface area contributed by atoms with Gasteiger partial charge in [0.15, 0.2) is 0 Å². The van der Waals surface area contributed by atoms with Crippen LogP contribution in [0.15, 0.2) is 11.1 Å². The van der Waals surface area contributed by atoms with Crippen molar-refractivity contribution in [2.75, 3.05) is 37.7 Å². The van der Waals surface area contributed by atoms with Crippen molar-refractivity contribution in [1.82, 2.24) is 19.9 Å². The average Bonchev–Trinajstić information content (AvgIpc) is 2.98. The van der Waals surface area contributed by atoms with E-state index in [9.17, 15) is 14.5 Å². The molecule has 2 heterocycles. The standard InChI is InChI=1S/C8H12N4O4.C5H15N2O3PS/c9-7-10-3-12(8(15)11-7)6-1-4(14)5(2-13)16-6;6-2-1-3-7-4-5-12-11(8,9)10/h3-6,13-14H,1-2H2,(H2,9,11,15);7H,1-6H2,(H2,8,9,10)/t4-,5+,6+;/m0./s1. The van der Waals surface area contributed by atoms with Gasteiger partial charge in [-0.1, -0.05) is 0 Å². The summed E-state index contributed by atoms with van der Waals surface area (Å²) < 4.78 is 16.7. The molecule has 9 N–H and O–H groups in total. The molecule has 15 heteroatoms. The van der Waals surface area contributed by atoms with E-state index in [0.717, 1.165) is 17.5 Å². The summed E-state index contributed by atoms with van der Waals surface area (Å²) in [6.07, 6.45) is 0.148. The largest absolute Gasteiger partial charge is 0.394 e. The first-order valence-electron chi connectivity index (χ1n) is 8.43. The van der Waals surface area contributed by atoms with Crippen molar-refractivity contribution >= 4 is 24.1 Å². The number of nitrogens with one attached hydrogen (secondary N) is 1. The van der Waals surface area contributed by atoms with E-state index >= 15 is 0 Å². The Hall–Kier alpha value is -1.09. The van der Waals surface area contributed by atoms with Crippen LogP contribution in [0.1, 0.15) is 19.1 Å². The molecular formula is C13H27N6O7PS. The maximum atomic E-state index is 11.4. The second kappa shape index (κ2) is 12.5. The van der Waals surface area contributed by atoms with Gasteiger partial charge in [0.25, 0.3) is 0 Å². The number of rotatable bonds is 9. The minimum Gasteiger partial charge on any atom is -0.394 e. The van der Waals surface area contributed by atoms with Gasteiger partial charge < -0.3 is 41.5 Å². The van der Waals surface area contributed by atoms with Gasteiger partial charge in [0.2, 0.25) is 5.95 Å². The summed E-state index contributed by atoms with van der Waals surface area (Å²) in [7, 11) is 0. The van der Waals surface area contributed by atoms with E-state index in [2.05, 4.69) is 15.3 Å². The van der Waals surface area contributed by atoms with Crippen molar-refractivity contribution in [2.24, 2.45) is 5.73 Å². The Morgan fingerprint density at radius 3 is 2.68 bits per heavy atom. The monoisotopic (exact) mass is 442 g/mol. The predicted octanol–water partition coefficient (Wildman–Crippen LogP) is -2.39. The van der Waals surface area contributed by atoms with E-state index in [1.54, 1.807) is 0 Å². The lowest BCUT2D eigenvalue weighted by Crippen LogP contribution is -2.28. The number of nitrogens with zero attached hydrogens (tertiary/aromatic N) is 3. The van der Waals surface area contributed by atoms with Crippen LogP contribution in [0.3, 0.4) is 0 Å². The normalized spacial score (nSPS) is 22.0. The van der Waals surface area contributed by atoms with Gasteiger partial charge in [-0.2, -0.15) is 4.98 Å². The SMILES string of the molecule is NCCCNCCSP(=O)(O)O.Nc1ncn([C@H]2C[C@H](O)[C@@H](CO)O2)c(=O)n1. The van der Waals surface area contributed by atoms with Gasteiger partial charge in [-0.3, -0.25) is 4.57 Å². The molecule has 0 aromatic carbocycles. The fraction of sp³-hybridized carbons (Fsp3) is 0.769. The van der Waals surface area contributed by atoms with E-state index in [1.807, 2.05) is 0 Å². The van der Waals surface area contributed by atoms with Crippen molar-refractivity contribution in [3.63, 3.8) is 0 Å². The maximum Gasteiger partial charge on any atom is 0.384 e. The number of hydrogen-bond donors (Lipinski definition) is 7. The number of nitrogens with two attached hydrogens (primary N) is 2. The average molecular weight is 442 g/mol. The molecule has 1 saturated heterocycles. The zero-order valence-electron chi connectivity index (χ0n) is 15.1. The Morgan fingerprint density at radius 2 is 2.14 bits per heavy atom. The van der Waals surface area contributed by atoms with Crippen LogP contribution in [0.5, 0.6) is 0 Å². The number of ether oxygens (including phenoxy) is 1. The van der Waals surface area contributed by atoms with Crippen molar-refractivity contribution < 1.29 is 29.3 Å². The van der Waals surface area contributed by atoms with Crippen LogP contribution in [0.4, 0.5) is 5.95 Å². The van der Waals surface area contributed by atoms with Crippen molar-refractivity contribution in [1.29, 1.82) is 0 Å². The third kappa shape index (κ3) is 9.41. The number of aromatic nitrogens is 3. The molecule has 1 aliphatic rings. The fourth-order valence-corrected chi connectivity index (χ4v) is 3.65. The highest BCUT2D eigenvalue weighted by Crippen LogP contribution is 2.49. The van der Waals surface area contributed by atoms with Gasteiger partial charge in [0.05, 0.1) is 12.7 Å². The number of nitrogen functional groups attached to an aromatic ring is 1. The zero-order chi connectivity index (χ0) is 21.2. The van der Waals surface area contributed by atoms with Gasteiger partial charge in [-0.05, 0) is 30.9 Å². The summed E-state index contributed by atoms with van der Waals surface area (Å²) >= 11 is 0.665. The van der Waals surface area contributed by atoms with Crippen LogP contribution in [-0.2, 0) is 9.30 Å². The molecule has 1 fully saturated rings. The van der Waals surface area contributed by atoms with Gasteiger partial charge >= 0.3 is 12.5 Å². The summed E-state index contributed by atoms with van der Waals surface area (Å²) in [6.45, 7) is -2.12. The van der Waals surface area contributed by atoms with E-state index in [-0.39, 0.29) is 19.0 Å². The lowest BCUT2D eigenvalue weighted by Gasteiger charge is -2.13. The first kappa shape index (κ1) is 24.9. The van der Waals surface area contributed by atoms with Crippen LogP contribution in [0, 0.1) is 0 Å². The topological polar surface area (TPSA) is 219 Å². The molecule has 0 saturated carbocycles. The minimum atomic E-state index is -3.87. The molecule has 13 nitrogen and oxygen atoms in total. The maximum absolute atomic E-state index is 11.4. The molecule has 2 rings (SSSR count).